The van der Waals surface area contributed by atoms with E-state index in [1.807, 2.05) is 4.90 Å². The Kier molecular flexibility index (Phi) is 7.86. The van der Waals surface area contributed by atoms with Crippen molar-refractivity contribution < 1.29 is 24.0 Å². The normalized spacial score (nSPS) is 15.4. The molecule has 4 rings (SSSR count). The van der Waals surface area contributed by atoms with Crippen LogP contribution in [0.3, 0.4) is 0 Å². The molecule has 1 N–H and O–H groups in total. The molecule has 1 saturated carbocycles. The number of hydrogen-bond donors (Lipinski definition) is 1. The number of carbonyl (C=O) groups excluding carboxylic acids is 3. The summed E-state index contributed by atoms with van der Waals surface area (Å²) in [6.07, 6.45) is 2.03. The highest BCUT2D eigenvalue weighted by Gasteiger charge is 2.25. The van der Waals surface area contributed by atoms with Crippen molar-refractivity contribution in [2.24, 2.45) is 0 Å². The number of nitro benzene ring substituents is 1. The summed E-state index contributed by atoms with van der Waals surface area (Å²) in [5.74, 6) is -0.744. The molecule has 35 heavy (non-hydrogen) atoms. The van der Waals surface area contributed by atoms with Gasteiger partial charge in [0.2, 0.25) is 5.91 Å². The molecule has 0 spiro atoms. The van der Waals surface area contributed by atoms with Crippen LogP contribution in [0.2, 0.25) is 0 Å². The second-order valence-corrected chi connectivity index (χ2v) is 9.36. The van der Waals surface area contributed by atoms with Gasteiger partial charge in [-0.3, -0.25) is 19.7 Å². The molecular weight excluding hydrogens is 472 g/mol. The van der Waals surface area contributed by atoms with Gasteiger partial charge in [0.15, 0.2) is 6.61 Å². The Morgan fingerprint density at radius 2 is 1.71 bits per heavy atom. The molecule has 2 fully saturated rings. The summed E-state index contributed by atoms with van der Waals surface area (Å²) >= 11 is 1.27. The predicted octanol–water partition coefficient (Wildman–Crippen LogP) is 2.47. The van der Waals surface area contributed by atoms with E-state index in [4.69, 9.17) is 4.74 Å². The number of thioether (sulfide) groups is 1. The standard InChI is InChI=1S/C24H26N4O6S/c29-22(25-17-5-6-17)16-35-21-4-2-1-3-20(21)24(31)34-15-23(30)27-13-11-26(12-14-27)18-7-9-19(10-8-18)28(32)33/h1-4,7-10,17H,5-6,11-16H2,(H,25,29). The Balaban J connectivity index is 1.24. The van der Waals surface area contributed by atoms with Gasteiger partial charge in [-0.2, -0.15) is 0 Å². The quantitative estimate of drug-likeness (QED) is 0.242. The first kappa shape index (κ1) is 24.5. The molecule has 1 aliphatic carbocycles. The van der Waals surface area contributed by atoms with E-state index in [2.05, 4.69) is 5.32 Å². The molecule has 2 aromatic carbocycles. The lowest BCUT2D eigenvalue weighted by Gasteiger charge is -2.36. The molecule has 0 atom stereocenters. The van der Waals surface area contributed by atoms with Crippen molar-refractivity contribution in [2.45, 2.75) is 23.8 Å². The molecule has 0 unspecified atom stereocenters. The van der Waals surface area contributed by atoms with Gasteiger partial charge in [0.05, 0.1) is 16.2 Å². The monoisotopic (exact) mass is 498 g/mol. The minimum Gasteiger partial charge on any atom is -0.452 e. The number of ether oxygens (including phenoxy) is 1. The first-order valence-electron chi connectivity index (χ1n) is 11.4. The molecule has 2 aromatic rings. The average molecular weight is 499 g/mol. The summed E-state index contributed by atoms with van der Waals surface area (Å²) in [4.78, 5) is 51.9. The van der Waals surface area contributed by atoms with E-state index in [1.54, 1.807) is 41.3 Å². The molecule has 0 radical (unpaired) electrons. The number of non-ortho nitro benzene ring substituents is 1. The van der Waals surface area contributed by atoms with Gasteiger partial charge in [0.25, 0.3) is 11.6 Å². The van der Waals surface area contributed by atoms with E-state index in [0.717, 1.165) is 18.5 Å². The van der Waals surface area contributed by atoms with Crippen LogP contribution < -0.4 is 10.2 Å². The highest BCUT2D eigenvalue weighted by molar-refractivity contribution is 8.00. The maximum atomic E-state index is 12.6. The van der Waals surface area contributed by atoms with Crippen LogP contribution in [-0.4, -0.2) is 72.2 Å². The van der Waals surface area contributed by atoms with Crippen LogP contribution in [-0.2, 0) is 14.3 Å². The molecule has 1 heterocycles. The zero-order chi connectivity index (χ0) is 24.8. The Labute approximate surface area is 206 Å². The topological polar surface area (TPSA) is 122 Å². The number of nitrogens with zero attached hydrogens (tertiary/aromatic N) is 3. The van der Waals surface area contributed by atoms with Crippen molar-refractivity contribution in [1.29, 1.82) is 0 Å². The predicted molar refractivity (Wildman–Crippen MR) is 131 cm³/mol. The molecule has 0 aromatic heterocycles. The fourth-order valence-electron chi connectivity index (χ4n) is 3.70. The largest absolute Gasteiger partial charge is 0.452 e. The average Bonchev–Trinajstić information content (AvgIpc) is 3.70. The van der Waals surface area contributed by atoms with Crippen LogP contribution in [0.5, 0.6) is 0 Å². The van der Waals surface area contributed by atoms with Crippen LogP contribution in [0, 0.1) is 10.1 Å². The molecular formula is C24H26N4O6S. The number of rotatable bonds is 9. The van der Waals surface area contributed by atoms with Gasteiger partial charge in [0, 0.05) is 54.9 Å². The number of hydrogen-bond acceptors (Lipinski definition) is 8. The molecule has 11 heteroatoms. The van der Waals surface area contributed by atoms with Crippen LogP contribution in [0.4, 0.5) is 11.4 Å². The van der Waals surface area contributed by atoms with E-state index >= 15 is 0 Å². The number of nitro groups is 1. The minimum atomic E-state index is -0.603. The number of carbonyl (C=O) groups is 3. The Bertz CT molecular complexity index is 1100. The third kappa shape index (κ3) is 6.72. The molecule has 2 amide bonds. The Morgan fingerprint density at radius 3 is 2.37 bits per heavy atom. The van der Waals surface area contributed by atoms with Gasteiger partial charge in [-0.25, -0.2) is 4.79 Å². The van der Waals surface area contributed by atoms with E-state index in [0.29, 0.717) is 36.6 Å². The van der Waals surface area contributed by atoms with E-state index in [9.17, 15) is 24.5 Å². The summed E-state index contributed by atoms with van der Waals surface area (Å²) in [7, 11) is 0. The molecule has 10 nitrogen and oxygen atoms in total. The SMILES string of the molecule is O=C(CSc1ccccc1C(=O)OCC(=O)N1CCN(c2ccc([N+](=O)[O-])cc2)CC1)NC1CC1. The van der Waals surface area contributed by atoms with Gasteiger partial charge in [0.1, 0.15) is 0 Å². The lowest BCUT2D eigenvalue weighted by Crippen LogP contribution is -2.49. The summed E-state index contributed by atoms with van der Waals surface area (Å²) in [6, 6.07) is 13.5. The molecule has 1 aliphatic heterocycles. The van der Waals surface area contributed by atoms with Gasteiger partial charge in [-0.15, -0.1) is 11.8 Å². The molecule has 184 valence electrons. The molecule has 1 saturated heterocycles. The summed E-state index contributed by atoms with van der Waals surface area (Å²) < 4.78 is 5.29. The third-order valence-corrected chi connectivity index (χ3v) is 6.87. The smallest absolute Gasteiger partial charge is 0.339 e. The van der Waals surface area contributed by atoms with Crippen LogP contribution >= 0.6 is 11.8 Å². The first-order valence-corrected chi connectivity index (χ1v) is 12.3. The zero-order valence-corrected chi connectivity index (χ0v) is 19.9. The molecule has 2 aliphatic rings. The van der Waals surface area contributed by atoms with E-state index < -0.39 is 10.9 Å². The Hall–Kier alpha value is -3.60. The van der Waals surface area contributed by atoms with Gasteiger partial charge < -0.3 is 19.9 Å². The fourth-order valence-corrected chi connectivity index (χ4v) is 4.55. The van der Waals surface area contributed by atoms with Crippen LogP contribution in [0.15, 0.2) is 53.4 Å². The van der Waals surface area contributed by atoms with E-state index in [1.165, 1.54) is 23.9 Å². The second-order valence-electron chi connectivity index (χ2n) is 8.34. The maximum Gasteiger partial charge on any atom is 0.339 e. The highest BCUT2D eigenvalue weighted by Crippen LogP contribution is 2.25. The van der Waals surface area contributed by atoms with E-state index in [-0.39, 0.29) is 35.9 Å². The van der Waals surface area contributed by atoms with Crippen molar-refractivity contribution in [3.8, 4) is 0 Å². The zero-order valence-electron chi connectivity index (χ0n) is 19.1. The van der Waals surface area contributed by atoms with Gasteiger partial charge in [-0.1, -0.05) is 12.1 Å². The lowest BCUT2D eigenvalue weighted by atomic mass is 10.2. The van der Waals surface area contributed by atoms with Crippen molar-refractivity contribution in [2.75, 3.05) is 43.4 Å². The second kappa shape index (κ2) is 11.2. The number of nitrogens with one attached hydrogen (secondary N) is 1. The highest BCUT2D eigenvalue weighted by atomic mass is 32.2. The number of benzene rings is 2. The minimum absolute atomic E-state index is 0.0332. The molecule has 0 bridgehead atoms. The van der Waals surface area contributed by atoms with Crippen molar-refractivity contribution in [3.63, 3.8) is 0 Å². The van der Waals surface area contributed by atoms with Gasteiger partial charge >= 0.3 is 5.97 Å². The first-order chi connectivity index (χ1) is 16.9. The van der Waals surface area contributed by atoms with Crippen molar-refractivity contribution >= 4 is 40.9 Å². The van der Waals surface area contributed by atoms with Gasteiger partial charge in [-0.05, 0) is 37.1 Å². The number of esters is 1. The van der Waals surface area contributed by atoms with Crippen LogP contribution in [0.25, 0.3) is 0 Å². The number of anilines is 1. The Morgan fingerprint density at radius 1 is 1.03 bits per heavy atom. The summed E-state index contributed by atoms with van der Waals surface area (Å²) in [6.45, 7) is 1.68. The fraction of sp³-hybridized carbons (Fsp3) is 0.375. The summed E-state index contributed by atoms with van der Waals surface area (Å²) in [5.41, 5.74) is 1.22. The summed E-state index contributed by atoms with van der Waals surface area (Å²) in [5, 5.41) is 13.7. The van der Waals surface area contributed by atoms with Crippen molar-refractivity contribution in [3.05, 3.63) is 64.2 Å². The maximum absolute atomic E-state index is 12.6. The number of piperazine rings is 1. The third-order valence-electron chi connectivity index (χ3n) is 5.79. The number of amides is 2. The van der Waals surface area contributed by atoms with Crippen molar-refractivity contribution in [1.82, 2.24) is 10.2 Å². The lowest BCUT2D eigenvalue weighted by molar-refractivity contribution is -0.384. The van der Waals surface area contributed by atoms with Crippen LogP contribution in [0.1, 0.15) is 23.2 Å².